The maximum Gasteiger partial charge on any atom is 0.270 e. The molecule has 4 nitrogen and oxygen atoms in total. The number of amides is 1. The molecule has 2 unspecified atom stereocenters. The van der Waals surface area contributed by atoms with Crippen LogP contribution in [0.4, 0.5) is 0 Å². The molecule has 2 aliphatic heterocycles. The number of hydrogen-bond donors (Lipinski definition) is 1. The second-order valence-electron chi connectivity index (χ2n) is 6.61. The van der Waals surface area contributed by atoms with Gasteiger partial charge >= 0.3 is 0 Å². The average Bonchev–Trinajstić information content (AvgIpc) is 2.91. The molecule has 0 aromatic carbocycles. The SMILES string of the molecule is O=C(c1cccn1C1CCC1)N1C2CCC1CC(O)C2. The molecule has 108 valence electrons. The Hall–Kier alpha value is -1.29. The van der Waals surface area contributed by atoms with Crippen molar-refractivity contribution in [3.63, 3.8) is 0 Å². The molecule has 0 spiro atoms. The van der Waals surface area contributed by atoms with Crippen LogP contribution in [0.1, 0.15) is 61.5 Å². The van der Waals surface area contributed by atoms with E-state index in [4.69, 9.17) is 0 Å². The summed E-state index contributed by atoms with van der Waals surface area (Å²) in [5.41, 5.74) is 0.850. The van der Waals surface area contributed by atoms with Gasteiger partial charge in [-0.25, -0.2) is 0 Å². The standard InChI is InChI=1S/C16H22N2O2/c19-14-9-12-6-7-13(10-14)18(12)16(20)15-5-2-8-17(15)11-3-1-4-11/h2,5,8,11-14,19H,1,3-4,6-7,9-10H2. The van der Waals surface area contributed by atoms with Crippen molar-refractivity contribution < 1.29 is 9.90 Å². The molecular weight excluding hydrogens is 252 g/mol. The smallest absolute Gasteiger partial charge is 0.270 e. The summed E-state index contributed by atoms with van der Waals surface area (Å²) in [6.45, 7) is 0. The van der Waals surface area contributed by atoms with Crippen LogP contribution < -0.4 is 0 Å². The highest BCUT2D eigenvalue weighted by molar-refractivity contribution is 5.93. The Morgan fingerprint density at radius 2 is 1.80 bits per heavy atom. The van der Waals surface area contributed by atoms with Crippen LogP contribution in [0.2, 0.25) is 0 Å². The number of aromatic nitrogens is 1. The molecule has 2 saturated heterocycles. The van der Waals surface area contributed by atoms with Gasteiger partial charge in [-0.2, -0.15) is 0 Å². The van der Waals surface area contributed by atoms with E-state index in [1.165, 1.54) is 19.3 Å². The maximum atomic E-state index is 12.9. The van der Waals surface area contributed by atoms with Gasteiger partial charge in [-0.3, -0.25) is 4.79 Å². The molecule has 4 heteroatoms. The number of carbonyl (C=O) groups is 1. The summed E-state index contributed by atoms with van der Waals surface area (Å²) >= 11 is 0. The lowest BCUT2D eigenvalue weighted by Gasteiger charge is -2.38. The fraction of sp³-hybridized carbons (Fsp3) is 0.688. The molecule has 2 bridgehead atoms. The van der Waals surface area contributed by atoms with Gasteiger partial charge in [0.1, 0.15) is 5.69 Å². The lowest BCUT2D eigenvalue weighted by molar-refractivity contribution is 0.0275. The quantitative estimate of drug-likeness (QED) is 0.899. The molecule has 1 saturated carbocycles. The largest absolute Gasteiger partial charge is 0.393 e. The predicted octanol–water partition coefficient (Wildman–Crippen LogP) is 2.34. The number of rotatable bonds is 2. The van der Waals surface area contributed by atoms with Crippen LogP contribution in [0.3, 0.4) is 0 Å². The Kier molecular flexibility index (Phi) is 2.88. The minimum Gasteiger partial charge on any atom is -0.393 e. The first-order valence-corrected chi connectivity index (χ1v) is 7.91. The number of piperidine rings is 1. The first kappa shape index (κ1) is 12.5. The fourth-order valence-corrected chi connectivity index (χ4v) is 4.17. The molecule has 2 atom stereocenters. The third-order valence-corrected chi connectivity index (χ3v) is 5.41. The maximum absolute atomic E-state index is 12.9. The van der Waals surface area contributed by atoms with Gasteiger partial charge in [0, 0.05) is 24.3 Å². The van der Waals surface area contributed by atoms with Gasteiger partial charge in [0.15, 0.2) is 0 Å². The average molecular weight is 274 g/mol. The summed E-state index contributed by atoms with van der Waals surface area (Å²) < 4.78 is 2.18. The van der Waals surface area contributed by atoms with Gasteiger partial charge in [0.25, 0.3) is 5.91 Å². The Bertz CT molecular complexity index is 506. The highest BCUT2D eigenvalue weighted by Gasteiger charge is 2.43. The summed E-state index contributed by atoms with van der Waals surface area (Å²) in [6, 6.07) is 4.98. The number of fused-ring (bicyclic) bond motifs is 2. The van der Waals surface area contributed by atoms with Gasteiger partial charge in [-0.1, -0.05) is 0 Å². The van der Waals surface area contributed by atoms with Crippen LogP contribution in [-0.4, -0.2) is 38.7 Å². The molecule has 20 heavy (non-hydrogen) atoms. The summed E-state index contributed by atoms with van der Waals surface area (Å²) in [7, 11) is 0. The van der Waals surface area contributed by atoms with Crippen LogP contribution in [0.25, 0.3) is 0 Å². The molecule has 3 aliphatic rings. The van der Waals surface area contributed by atoms with E-state index in [9.17, 15) is 9.90 Å². The Balaban J connectivity index is 1.60. The van der Waals surface area contributed by atoms with Crippen LogP contribution in [0.5, 0.6) is 0 Å². The van der Waals surface area contributed by atoms with Gasteiger partial charge in [0.05, 0.1) is 6.10 Å². The Morgan fingerprint density at radius 1 is 1.10 bits per heavy atom. The van der Waals surface area contributed by atoms with E-state index in [0.29, 0.717) is 6.04 Å². The minimum absolute atomic E-state index is 0.182. The van der Waals surface area contributed by atoms with Crippen molar-refractivity contribution in [2.75, 3.05) is 0 Å². The topological polar surface area (TPSA) is 45.5 Å². The van der Waals surface area contributed by atoms with E-state index in [1.807, 2.05) is 12.1 Å². The van der Waals surface area contributed by atoms with Crippen molar-refractivity contribution in [2.45, 2.75) is 69.2 Å². The van der Waals surface area contributed by atoms with Crippen molar-refractivity contribution in [3.8, 4) is 0 Å². The van der Waals surface area contributed by atoms with E-state index in [2.05, 4.69) is 15.7 Å². The van der Waals surface area contributed by atoms with Gasteiger partial charge in [-0.15, -0.1) is 0 Å². The van der Waals surface area contributed by atoms with E-state index in [-0.39, 0.29) is 24.1 Å². The van der Waals surface area contributed by atoms with Crippen molar-refractivity contribution in [1.82, 2.24) is 9.47 Å². The van der Waals surface area contributed by atoms with Crippen molar-refractivity contribution in [3.05, 3.63) is 24.0 Å². The lowest BCUT2D eigenvalue weighted by atomic mass is 9.92. The van der Waals surface area contributed by atoms with Crippen LogP contribution in [0, 0.1) is 0 Å². The summed E-state index contributed by atoms with van der Waals surface area (Å²) in [4.78, 5) is 15.0. The second-order valence-corrected chi connectivity index (χ2v) is 6.61. The van der Waals surface area contributed by atoms with Crippen molar-refractivity contribution >= 4 is 5.91 Å². The second kappa shape index (κ2) is 4.62. The van der Waals surface area contributed by atoms with Crippen molar-refractivity contribution in [2.24, 2.45) is 0 Å². The third kappa shape index (κ3) is 1.81. The van der Waals surface area contributed by atoms with E-state index in [1.54, 1.807) is 0 Å². The zero-order chi connectivity index (χ0) is 13.7. The normalized spacial score (nSPS) is 33.2. The number of aliphatic hydroxyl groups is 1. The molecule has 3 heterocycles. The Morgan fingerprint density at radius 3 is 2.40 bits per heavy atom. The first-order valence-electron chi connectivity index (χ1n) is 7.91. The van der Waals surface area contributed by atoms with Gasteiger partial charge in [-0.05, 0) is 57.1 Å². The van der Waals surface area contributed by atoms with Gasteiger partial charge < -0.3 is 14.6 Å². The molecule has 1 aromatic heterocycles. The lowest BCUT2D eigenvalue weighted by Crippen LogP contribution is -2.48. The molecular formula is C16H22N2O2. The summed E-state index contributed by atoms with van der Waals surface area (Å²) in [6.07, 6.45) is 9.12. The molecule has 1 N–H and O–H groups in total. The summed E-state index contributed by atoms with van der Waals surface area (Å²) in [5.74, 6) is 0.182. The number of carbonyl (C=O) groups excluding carboxylic acids is 1. The molecule has 1 amide bonds. The molecule has 1 aliphatic carbocycles. The number of nitrogens with zero attached hydrogens (tertiary/aromatic N) is 2. The van der Waals surface area contributed by atoms with Gasteiger partial charge in [0.2, 0.25) is 0 Å². The third-order valence-electron chi connectivity index (χ3n) is 5.41. The minimum atomic E-state index is -0.213. The predicted molar refractivity (Wildman–Crippen MR) is 75.5 cm³/mol. The monoisotopic (exact) mass is 274 g/mol. The van der Waals surface area contributed by atoms with Crippen molar-refractivity contribution in [1.29, 1.82) is 0 Å². The zero-order valence-electron chi connectivity index (χ0n) is 11.7. The molecule has 0 radical (unpaired) electrons. The van der Waals surface area contributed by atoms with E-state index >= 15 is 0 Å². The molecule has 4 rings (SSSR count). The zero-order valence-corrected chi connectivity index (χ0v) is 11.7. The highest BCUT2D eigenvalue weighted by atomic mass is 16.3. The number of hydrogen-bond acceptors (Lipinski definition) is 2. The van der Waals surface area contributed by atoms with Crippen LogP contribution in [-0.2, 0) is 0 Å². The van der Waals surface area contributed by atoms with E-state index < -0.39 is 0 Å². The molecule has 3 fully saturated rings. The van der Waals surface area contributed by atoms with Crippen LogP contribution in [0.15, 0.2) is 18.3 Å². The Labute approximate surface area is 119 Å². The highest BCUT2D eigenvalue weighted by Crippen LogP contribution is 2.38. The van der Waals surface area contributed by atoms with Crippen LogP contribution >= 0.6 is 0 Å². The molecule has 1 aromatic rings. The summed E-state index contributed by atoms with van der Waals surface area (Å²) in [5, 5.41) is 9.87. The van der Waals surface area contributed by atoms with E-state index in [0.717, 1.165) is 31.4 Å². The fourth-order valence-electron chi connectivity index (χ4n) is 4.17. The number of aliphatic hydroxyl groups excluding tert-OH is 1. The first-order chi connectivity index (χ1) is 9.74.